The number of hydrogen-bond donors (Lipinski definition) is 0. The van der Waals surface area contributed by atoms with Crippen LogP contribution in [0, 0.1) is 13.8 Å². The zero-order chi connectivity index (χ0) is 23.7. The molecule has 0 saturated carbocycles. The summed E-state index contributed by atoms with van der Waals surface area (Å²) in [6.45, 7) is 4.17. The largest absolute Gasteiger partial charge is 0.469 e. The molecule has 174 valence electrons. The first-order chi connectivity index (χ1) is 16.6. The Balaban J connectivity index is 1.73. The minimum Gasteiger partial charge on any atom is -0.469 e. The monoisotopic (exact) mass is 469 g/mol. The van der Waals surface area contributed by atoms with Gasteiger partial charge in [0.1, 0.15) is 4.83 Å². The maximum atomic E-state index is 13.2. The third kappa shape index (κ3) is 4.27. The summed E-state index contributed by atoms with van der Waals surface area (Å²) in [5.41, 5.74) is 8.22. The number of carbonyl (C=O) groups is 1. The van der Waals surface area contributed by atoms with Gasteiger partial charge in [-0.15, -0.1) is 11.3 Å². The maximum absolute atomic E-state index is 13.2. The molecule has 4 aromatic rings. The number of pyridine rings is 1. The highest BCUT2D eigenvalue weighted by Gasteiger charge is 2.31. The number of nitrogens with zero attached hydrogens (tertiary/aromatic N) is 1. The van der Waals surface area contributed by atoms with E-state index in [2.05, 4.69) is 62.4 Å². The Hall–Kier alpha value is -2.98. The van der Waals surface area contributed by atoms with Crippen LogP contribution in [0.3, 0.4) is 0 Å². The van der Waals surface area contributed by atoms with Gasteiger partial charge in [0.05, 0.1) is 13.0 Å². The Bertz CT molecular complexity index is 1320. The van der Waals surface area contributed by atoms with Gasteiger partial charge in [0.2, 0.25) is 0 Å². The molecule has 0 aliphatic heterocycles. The fraction of sp³-hybridized carbons (Fsp3) is 0.333. The average molecular weight is 470 g/mol. The number of rotatable bonds is 6. The molecule has 2 aromatic heterocycles. The molecule has 5 rings (SSSR count). The van der Waals surface area contributed by atoms with E-state index in [4.69, 9.17) is 9.72 Å². The number of ether oxygens (including phenoxy) is 1. The van der Waals surface area contributed by atoms with E-state index in [1.807, 2.05) is 17.4 Å². The topological polar surface area (TPSA) is 39.2 Å². The van der Waals surface area contributed by atoms with Crippen molar-refractivity contribution in [2.24, 2.45) is 0 Å². The molecule has 2 heterocycles. The van der Waals surface area contributed by atoms with Crippen molar-refractivity contribution in [1.82, 2.24) is 4.98 Å². The quantitative estimate of drug-likeness (QED) is 0.277. The Kier molecular flexibility index (Phi) is 6.51. The van der Waals surface area contributed by atoms with Crippen molar-refractivity contribution < 1.29 is 9.53 Å². The highest BCUT2D eigenvalue weighted by Crippen LogP contribution is 2.45. The fourth-order valence-corrected chi connectivity index (χ4v) is 6.66. The predicted octanol–water partition coefficient (Wildman–Crippen LogP) is 7.35. The summed E-state index contributed by atoms with van der Waals surface area (Å²) in [5.74, 6) is -0.546. The molecule has 1 unspecified atom stereocenters. The maximum Gasteiger partial charge on any atom is 0.313 e. The lowest BCUT2D eigenvalue weighted by Crippen LogP contribution is -2.18. The van der Waals surface area contributed by atoms with Crippen molar-refractivity contribution in [3.63, 3.8) is 0 Å². The molecule has 34 heavy (non-hydrogen) atoms. The van der Waals surface area contributed by atoms with Gasteiger partial charge in [0.25, 0.3) is 0 Å². The van der Waals surface area contributed by atoms with Crippen LogP contribution in [-0.2, 0) is 28.8 Å². The first-order valence-corrected chi connectivity index (χ1v) is 13.0. The predicted molar refractivity (Wildman–Crippen MR) is 141 cm³/mol. The van der Waals surface area contributed by atoms with Crippen molar-refractivity contribution in [1.29, 1.82) is 0 Å². The molecule has 4 heteroatoms. The smallest absolute Gasteiger partial charge is 0.313 e. The lowest BCUT2D eigenvalue weighted by atomic mass is 9.83. The van der Waals surface area contributed by atoms with Gasteiger partial charge in [-0.3, -0.25) is 4.79 Å². The highest BCUT2D eigenvalue weighted by atomic mass is 32.1. The van der Waals surface area contributed by atoms with E-state index in [-0.39, 0.29) is 11.9 Å². The Morgan fingerprint density at radius 1 is 1.03 bits per heavy atom. The van der Waals surface area contributed by atoms with E-state index in [1.54, 1.807) is 0 Å². The van der Waals surface area contributed by atoms with Crippen LogP contribution in [-0.4, -0.2) is 18.1 Å². The molecule has 0 spiro atoms. The molecule has 0 N–H and O–H groups in total. The van der Waals surface area contributed by atoms with Crippen LogP contribution >= 0.6 is 11.3 Å². The zero-order valence-corrected chi connectivity index (χ0v) is 21.0. The summed E-state index contributed by atoms with van der Waals surface area (Å²) in [4.78, 5) is 20.9. The van der Waals surface area contributed by atoms with E-state index in [9.17, 15) is 4.79 Å². The standard InChI is InChI=1S/C30H31NO2S/c1-19-13-16-22(17-14-19)27-26(24(30(32)33-3)18-15-21-9-5-4-6-10-21)20(2)31-29-28(27)23-11-7-8-12-25(23)34-29/h4-6,9-10,13-14,16-17,24H,7-8,11-12,15,18H2,1-3H3. The van der Waals surface area contributed by atoms with Crippen LogP contribution in [0.25, 0.3) is 21.3 Å². The average Bonchev–Trinajstić information content (AvgIpc) is 3.23. The van der Waals surface area contributed by atoms with Gasteiger partial charge in [-0.1, -0.05) is 60.2 Å². The SMILES string of the molecule is COC(=O)C(CCc1ccccc1)c1c(C)nc2sc3c(c2c1-c1ccc(C)cc1)CCCC3. The van der Waals surface area contributed by atoms with Gasteiger partial charge in [-0.25, -0.2) is 4.98 Å². The summed E-state index contributed by atoms with van der Waals surface area (Å²) < 4.78 is 5.36. The van der Waals surface area contributed by atoms with Gasteiger partial charge in [0.15, 0.2) is 0 Å². The van der Waals surface area contributed by atoms with Crippen LogP contribution in [0.5, 0.6) is 0 Å². The van der Waals surface area contributed by atoms with Crippen molar-refractivity contribution in [2.45, 2.75) is 58.3 Å². The number of aryl methyl sites for hydroxylation is 5. The van der Waals surface area contributed by atoms with Gasteiger partial charge < -0.3 is 4.74 Å². The van der Waals surface area contributed by atoms with Crippen molar-refractivity contribution in [3.8, 4) is 11.1 Å². The summed E-state index contributed by atoms with van der Waals surface area (Å²) in [5, 5.41) is 1.26. The molecule has 1 atom stereocenters. The summed E-state index contributed by atoms with van der Waals surface area (Å²) in [7, 11) is 1.50. The Morgan fingerprint density at radius 2 is 1.76 bits per heavy atom. The van der Waals surface area contributed by atoms with E-state index in [0.29, 0.717) is 6.42 Å². The minimum atomic E-state index is -0.363. The summed E-state index contributed by atoms with van der Waals surface area (Å²) in [6, 6.07) is 19.1. The molecule has 3 nitrogen and oxygen atoms in total. The molecule has 0 radical (unpaired) electrons. The van der Waals surface area contributed by atoms with Crippen LogP contribution in [0.15, 0.2) is 54.6 Å². The number of aromatic nitrogens is 1. The molecule has 0 amide bonds. The number of hydrogen-bond acceptors (Lipinski definition) is 4. The Labute approximate surface area is 205 Å². The first kappa shape index (κ1) is 22.8. The van der Waals surface area contributed by atoms with Gasteiger partial charge in [-0.2, -0.15) is 0 Å². The second kappa shape index (κ2) is 9.71. The molecule has 1 aliphatic carbocycles. The van der Waals surface area contributed by atoms with Gasteiger partial charge in [-0.05, 0) is 80.2 Å². The molecule has 0 fully saturated rings. The minimum absolute atomic E-state index is 0.183. The highest BCUT2D eigenvalue weighted by molar-refractivity contribution is 7.19. The first-order valence-electron chi connectivity index (χ1n) is 12.2. The van der Waals surface area contributed by atoms with Crippen molar-refractivity contribution in [3.05, 3.63) is 87.4 Å². The molecular weight excluding hydrogens is 438 g/mol. The summed E-state index contributed by atoms with van der Waals surface area (Å²) >= 11 is 1.84. The van der Waals surface area contributed by atoms with E-state index >= 15 is 0 Å². The van der Waals surface area contributed by atoms with Gasteiger partial charge >= 0.3 is 5.97 Å². The third-order valence-corrected chi connectivity index (χ3v) is 8.26. The van der Waals surface area contributed by atoms with E-state index in [1.165, 1.54) is 52.5 Å². The van der Waals surface area contributed by atoms with Crippen molar-refractivity contribution >= 4 is 27.5 Å². The number of benzene rings is 2. The molecule has 1 aliphatic rings. The fourth-order valence-electron chi connectivity index (χ4n) is 5.34. The van der Waals surface area contributed by atoms with Gasteiger partial charge in [0, 0.05) is 16.0 Å². The number of fused-ring (bicyclic) bond motifs is 3. The lowest BCUT2D eigenvalue weighted by Gasteiger charge is -2.23. The molecule has 0 bridgehead atoms. The van der Waals surface area contributed by atoms with Crippen LogP contribution in [0.1, 0.15) is 58.0 Å². The number of thiophene rings is 1. The lowest BCUT2D eigenvalue weighted by molar-refractivity contribution is -0.142. The molecule has 2 aromatic carbocycles. The number of carbonyl (C=O) groups excluding carboxylic acids is 1. The van der Waals surface area contributed by atoms with Crippen LogP contribution in [0.2, 0.25) is 0 Å². The van der Waals surface area contributed by atoms with E-state index in [0.717, 1.165) is 40.9 Å². The van der Waals surface area contributed by atoms with Crippen LogP contribution in [0.4, 0.5) is 0 Å². The number of esters is 1. The Morgan fingerprint density at radius 3 is 2.50 bits per heavy atom. The second-order valence-corrected chi connectivity index (χ2v) is 10.4. The van der Waals surface area contributed by atoms with Crippen molar-refractivity contribution in [2.75, 3.05) is 7.11 Å². The summed E-state index contributed by atoms with van der Waals surface area (Å²) in [6.07, 6.45) is 6.18. The second-order valence-electron chi connectivity index (χ2n) is 9.34. The van der Waals surface area contributed by atoms with Crippen LogP contribution < -0.4 is 0 Å². The number of methoxy groups -OCH3 is 1. The van der Waals surface area contributed by atoms with E-state index < -0.39 is 0 Å². The zero-order valence-electron chi connectivity index (χ0n) is 20.2. The third-order valence-electron chi connectivity index (χ3n) is 7.07. The molecule has 0 saturated heterocycles. The molecular formula is C30H31NO2S. The normalized spacial score (nSPS) is 14.1.